The minimum atomic E-state index is 0.323. The lowest BCUT2D eigenvalue weighted by atomic mass is 10.1. The Morgan fingerprint density at radius 3 is 2.62 bits per heavy atom. The van der Waals surface area contributed by atoms with E-state index in [2.05, 4.69) is 15.3 Å². The first-order chi connectivity index (χ1) is 10.1. The van der Waals surface area contributed by atoms with Gasteiger partial charge in [0.05, 0.1) is 29.5 Å². The molecule has 3 aromatic rings. The van der Waals surface area contributed by atoms with Crippen molar-refractivity contribution in [1.82, 2.24) is 9.97 Å². The molecule has 0 saturated heterocycles. The molecule has 0 aliphatic rings. The summed E-state index contributed by atoms with van der Waals surface area (Å²) in [6.45, 7) is 4.45. The number of fused-ring (bicyclic) bond motifs is 1. The Kier molecular flexibility index (Phi) is 3.44. The zero-order valence-corrected chi connectivity index (χ0v) is 12.1. The van der Waals surface area contributed by atoms with Crippen molar-refractivity contribution in [2.24, 2.45) is 0 Å². The average molecular weight is 279 g/mol. The molecule has 0 amide bonds. The summed E-state index contributed by atoms with van der Waals surface area (Å²) in [5.41, 5.74) is 5.55. The molecule has 0 atom stereocenters. The second-order valence-corrected chi connectivity index (χ2v) is 5.16. The van der Waals surface area contributed by atoms with Gasteiger partial charge in [-0.15, -0.1) is 0 Å². The van der Waals surface area contributed by atoms with E-state index >= 15 is 0 Å². The van der Waals surface area contributed by atoms with Crippen LogP contribution >= 0.6 is 0 Å². The third-order valence-corrected chi connectivity index (χ3v) is 3.50. The minimum Gasteiger partial charge on any atom is -0.508 e. The molecule has 1 heterocycles. The summed E-state index contributed by atoms with van der Waals surface area (Å²) in [6.07, 6.45) is 1.79. The van der Waals surface area contributed by atoms with E-state index in [4.69, 9.17) is 0 Å². The molecule has 2 N–H and O–H groups in total. The first-order valence-electron chi connectivity index (χ1n) is 6.88. The third kappa shape index (κ3) is 2.79. The molecular formula is C17H17N3O. The standard InChI is InChI=1S/C17H17N3O/c1-11-8-17(21)12(2)7-16(11)19-10-13-9-18-14-5-3-4-6-15(14)20-13/h3-9,19,21H,10H2,1-2H3. The first-order valence-corrected chi connectivity index (χ1v) is 6.88. The number of nitrogens with one attached hydrogen (secondary N) is 1. The summed E-state index contributed by atoms with van der Waals surface area (Å²) in [6, 6.07) is 11.5. The smallest absolute Gasteiger partial charge is 0.118 e. The van der Waals surface area contributed by atoms with Gasteiger partial charge in [-0.1, -0.05) is 12.1 Å². The van der Waals surface area contributed by atoms with E-state index in [0.29, 0.717) is 12.3 Å². The van der Waals surface area contributed by atoms with E-state index in [9.17, 15) is 5.11 Å². The van der Waals surface area contributed by atoms with Crippen LogP contribution < -0.4 is 5.32 Å². The zero-order chi connectivity index (χ0) is 14.8. The van der Waals surface area contributed by atoms with E-state index in [-0.39, 0.29) is 0 Å². The van der Waals surface area contributed by atoms with Gasteiger partial charge in [-0.3, -0.25) is 4.98 Å². The van der Waals surface area contributed by atoms with Crippen molar-refractivity contribution in [2.75, 3.05) is 5.32 Å². The van der Waals surface area contributed by atoms with Crippen molar-refractivity contribution in [1.29, 1.82) is 0 Å². The van der Waals surface area contributed by atoms with Gasteiger partial charge >= 0.3 is 0 Å². The number of aromatic nitrogens is 2. The third-order valence-electron chi connectivity index (χ3n) is 3.50. The quantitative estimate of drug-likeness (QED) is 0.720. The topological polar surface area (TPSA) is 58.0 Å². The van der Waals surface area contributed by atoms with Gasteiger partial charge in [0, 0.05) is 5.69 Å². The Labute approximate surface area is 123 Å². The van der Waals surface area contributed by atoms with Crippen molar-refractivity contribution in [3.8, 4) is 5.75 Å². The second-order valence-electron chi connectivity index (χ2n) is 5.16. The molecule has 0 bridgehead atoms. The number of para-hydroxylation sites is 2. The number of hydrogen-bond acceptors (Lipinski definition) is 4. The van der Waals surface area contributed by atoms with Gasteiger partial charge in [0.1, 0.15) is 5.75 Å². The Hall–Kier alpha value is -2.62. The van der Waals surface area contributed by atoms with Crippen molar-refractivity contribution in [3.05, 3.63) is 59.4 Å². The van der Waals surface area contributed by atoms with Crippen LogP contribution in [0.4, 0.5) is 5.69 Å². The highest BCUT2D eigenvalue weighted by Crippen LogP contribution is 2.25. The number of anilines is 1. The highest BCUT2D eigenvalue weighted by atomic mass is 16.3. The lowest BCUT2D eigenvalue weighted by Gasteiger charge is -2.11. The maximum atomic E-state index is 9.68. The van der Waals surface area contributed by atoms with Crippen molar-refractivity contribution in [2.45, 2.75) is 20.4 Å². The molecular weight excluding hydrogens is 262 g/mol. The maximum absolute atomic E-state index is 9.68. The molecule has 0 spiro atoms. The second kappa shape index (κ2) is 5.40. The number of aryl methyl sites for hydroxylation is 2. The molecule has 4 nitrogen and oxygen atoms in total. The van der Waals surface area contributed by atoms with Crippen LogP contribution in [0.5, 0.6) is 5.75 Å². The number of aromatic hydroxyl groups is 1. The van der Waals surface area contributed by atoms with Crippen LogP contribution in [0.1, 0.15) is 16.8 Å². The first kappa shape index (κ1) is 13.4. The van der Waals surface area contributed by atoms with Crippen LogP contribution in [0.25, 0.3) is 11.0 Å². The monoisotopic (exact) mass is 279 g/mol. The number of nitrogens with zero attached hydrogens (tertiary/aromatic N) is 2. The lowest BCUT2D eigenvalue weighted by molar-refractivity contribution is 0.471. The molecule has 2 aromatic carbocycles. The summed E-state index contributed by atoms with van der Waals surface area (Å²) in [5.74, 6) is 0.323. The summed E-state index contributed by atoms with van der Waals surface area (Å²) in [5, 5.41) is 13.0. The molecule has 21 heavy (non-hydrogen) atoms. The molecule has 106 valence electrons. The van der Waals surface area contributed by atoms with Gasteiger partial charge in [0.25, 0.3) is 0 Å². The van der Waals surface area contributed by atoms with Gasteiger partial charge in [0.2, 0.25) is 0 Å². The Bertz CT molecular complexity index is 799. The van der Waals surface area contributed by atoms with Crippen LogP contribution in [0, 0.1) is 13.8 Å². The molecule has 0 fully saturated rings. The fourth-order valence-electron chi connectivity index (χ4n) is 2.26. The van der Waals surface area contributed by atoms with Gasteiger partial charge in [-0.2, -0.15) is 0 Å². The van der Waals surface area contributed by atoms with Gasteiger partial charge in [0.15, 0.2) is 0 Å². The molecule has 4 heteroatoms. The molecule has 0 radical (unpaired) electrons. The van der Waals surface area contributed by atoms with E-state index in [1.165, 1.54) is 0 Å². The Balaban J connectivity index is 1.81. The van der Waals surface area contributed by atoms with Gasteiger partial charge in [-0.05, 0) is 49.2 Å². The van der Waals surface area contributed by atoms with Crippen LogP contribution in [-0.2, 0) is 6.54 Å². The predicted molar refractivity (Wildman–Crippen MR) is 84.4 cm³/mol. The van der Waals surface area contributed by atoms with Crippen molar-refractivity contribution >= 4 is 16.7 Å². The van der Waals surface area contributed by atoms with Crippen LogP contribution in [0.2, 0.25) is 0 Å². The number of hydrogen-bond donors (Lipinski definition) is 2. The van der Waals surface area contributed by atoms with E-state index in [1.54, 1.807) is 12.3 Å². The molecule has 0 aliphatic heterocycles. The van der Waals surface area contributed by atoms with E-state index in [1.807, 2.05) is 44.2 Å². The molecule has 0 aliphatic carbocycles. The SMILES string of the molecule is Cc1cc(NCc2cnc3ccccc3n2)c(C)cc1O. The highest BCUT2D eigenvalue weighted by molar-refractivity contribution is 5.73. The number of phenols is 1. The minimum absolute atomic E-state index is 0.323. The molecule has 1 aromatic heterocycles. The largest absolute Gasteiger partial charge is 0.508 e. The number of benzene rings is 2. The normalized spacial score (nSPS) is 10.8. The van der Waals surface area contributed by atoms with Crippen molar-refractivity contribution < 1.29 is 5.11 Å². The maximum Gasteiger partial charge on any atom is 0.118 e. The molecule has 0 saturated carbocycles. The molecule has 0 unspecified atom stereocenters. The predicted octanol–water partition coefficient (Wildman–Crippen LogP) is 3.56. The van der Waals surface area contributed by atoms with Crippen molar-refractivity contribution in [3.63, 3.8) is 0 Å². The van der Waals surface area contributed by atoms with Crippen LogP contribution in [-0.4, -0.2) is 15.1 Å². The average Bonchev–Trinajstić information content (AvgIpc) is 2.49. The van der Waals surface area contributed by atoms with Gasteiger partial charge in [-0.25, -0.2) is 4.98 Å². The van der Waals surface area contributed by atoms with E-state index in [0.717, 1.165) is 33.5 Å². The van der Waals surface area contributed by atoms with Crippen LogP contribution in [0.3, 0.4) is 0 Å². The summed E-state index contributed by atoms with van der Waals surface area (Å²) < 4.78 is 0. The number of rotatable bonds is 3. The summed E-state index contributed by atoms with van der Waals surface area (Å²) in [4.78, 5) is 8.99. The summed E-state index contributed by atoms with van der Waals surface area (Å²) >= 11 is 0. The Morgan fingerprint density at radius 1 is 1.05 bits per heavy atom. The fraction of sp³-hybridized carbons (Fsp3) is 0.176. The lowest BCUT2D eigenvalue weighted by Crippen LogP contribution is -2.04. The molecule has 3 rings (SSSR count). The van der Waals surface area contributed by atoms with Gasteiger partial charge < -0.3 is 10.4 Å². The summed E-state index contributed by atoms with van der Waals surface area (Å²) in [7, 11) is 0. The van der Waals surface area contributed by atoms with Crippen LogP contribution in [0.15, 0.2) is 42.6 Å². The van der Waals surface area contributed by atoms with E-state index < -0.39 is 0 Å². The Morgan fingerprint density at radius 2 is 1.81 bits per heavy atom. The number of phenolic OH excluding ortho intramolecular Hbond substituents is 1. The zero-order valence-electron chi connectivity index (χ0n) is 12.1. The highest BCUT2D eigenvalue weighted by Gasteiger charge is 2.04. The fourth-order valence-corrected chi connectivity index (χ4v) is 2.26.